The lowest BCUT2D eigenvalue weighted by atomic mass is 10.2. The van der Waals surface area contributed by atoms with Crippen LogP contribution in [0.4, 0.5) is 4.39 Å². The summed E-state index contributed by atoms with van der Waals surface area (Å²) in [6.07, 6.45) is 2.85. The third kappa shape index (κ3) is 5.40. The highest BCUT2D eigenvalue weighted by molar-refractivity contribution is 7.98. The van der Waals surface area contributed by atoms with Crippen LogP contribution < -0.4 is 10.0 Å². The number of hydrogen-bond donors (Lipinski definition) is 2. The van der Waals surface area contributed by atoms with Crippen LogP contribution in [0.25, 0.3) is 0 Å². The van der Waals surface area contributed by atoms with E-state index in [-0.39, 0.29) is 4.90 Å². The quantitative estimate of drug-likeness (QED) is 0.683. The average molecular weight is 320 g/mol. The molecule has 0 unspecified atom stereocenters. The molecule has 0 spiro atoms. The molecule has 0 saturated carbocycles. The van der Waals surface area contributed by atoms with Gasteiger partial charge in [-0.15, -0.1) is 0 Å². The highest BCUT2D eigenvalue weighted by Gasteiger charge is 2.18. The van der Waals surface area contributed by atoms with Crippen LogP contribution in [0.15, 0.2) is 23.1 Å². The topological polar surface area (TPSA) is 58.2 Å². The maximum atomic E-state index is 13.3. The molecule has 0 bridgehead atoms. The van der Waals surface area contributed by atoms with Crippen molar-refractivity contribution in [3.8, 4) is 0 Å². The summed E-state index contributed by atoms with van der Waals surface area (Å²) in [6, 6.07) is 3.87. The number of hydrogen-bond acceptors (Lipinski definition) is 4. The van der Waals surface area contributed by atoms with E-state index in [1.807, 2.05) is 13.2 Å². The van der Waals surface area contributed by atoms with Gasteiger partial charge in [0.25, 0.3) is 0 Å². The van der Waals surface area contributed by atoms with E-state index in [4.69, 9.17) is 0 Å². The van der Waals surface area contributed by atoms with Gasteiger partial charge in [-0.25, -0.2) is 17.5 Å². The van der Waals surface area contributed by atoms with E-state index in [1.54, 1.807) is 11.8 Å². The standard InChI is InChI=1S/C13H21FN2O2S2/c1-3-6-15-10-11-4-5-12(14)9-13(11)20(17,18)16-7-8-19-2/h4-5,9,15-16H,3,6-8,10H2,1-2H3. The van der Waals surface area contributed by atoms with Crippen molar-refractivity contribution in [3.05, 3.63) is 29.6 Å². The molecule has 0 saturated heterocycles. The van der Waals surface area contributed by atoms with E-state index in [1.165, 1.54) is 12.1 Å². The summed E-state index contributed by atoms with van der Waals surface area (Å²) in [4.78, 5) is 0.0159. The van der Waals surface area contributed by atoms with Crippen molar-refractivity contribution in [2.75, 3.05) is 25.1 Å². The van der Waals surface area contributed by atoms with E-state index in [2.05, 4.69) is 10.0 Å². The molecule has 0 fully saturated rings. The minimum atomic E-state index is -3.67. The molecule has 0 aromatic heterocycles. The second kappa shape index (κ2) is 8.61. The number of benzene rings is 1. The second-order valence-electron chi connectivity index (χ2n) is 4.32. The van der Waals surface area contributed by atoms with Crippen LogP contribution >= 0.6 is 11.8 Å². The van der Waals surface area contributed by atoms with Gasteiger partial charge in [-0.3, -0.25) is 0 Å². The average Bonchev–Trinajstić information content (AvgIpc) is 2.41. The zero-order valence-corrected chi connectivity index (χ0v) is 13.4. The SMILES string of the molecule is CCCNCc1ccc(F)cc1S(=O)(=O)NCCSC. The van der Waals surface area contributed by atoms with Crippen molar-refractivity contribution in [2.24, 2.45) is 0 Å². The summed E-state index contributed by atoms with van der Waals surface area (Å²) in [6.45, 7) is 3.56. The molecule has 1 aromatic rings. The lowest BCUT2D eigenvalue weighted by Crippen LogP contribution is -2.28. The minimum Gasteiger partial charge on any atom is -0.313 e. The molecule has 0 heterocycles. The van der Waals surface area contributed by atoms with Crippen LogP contribution in [0, 0.1) is 5.82 Å². The fourth-order valence-electron chi connectivity index (χ4n) is 1.68. The Morgan fingerprint density at radius 3 is 2.70 bits per heavy atom. The van der Waals surface area contributed by atoms with Gasteiger partial charge >= 0.3 is 0 Å². The molecule has 0 amide bonds. The van der Waals surface area contributed by atoms with Gasteiger partial charge in [0.1, 0.15) is 5.82 Å². The van der Waals surface area contributed by atoms with Gasteiger partial charge < -0.3 is 5.32 Å². The van der Waals surface area contributed by atoms with Gasteiger partial charge in [-0.05, 0) is 36.9 Å². The first-order chi connectivity index (χ1) is 9.51. The molecule has 4 nitrogen and oxygen atoms in total. The zero-order valence-electron chi connectivity index (χ0n) is 11.8. The first-order valence-electron chi connectivity index (χ1n) is 6.49. The van der Waals surface area contributed by atoms with E-state index in [0.717, 1.165) is 19.0 Å². The molecule has 1 aromatic carbocycles. The molecule has 0 atom stereocenters. The Labute approximate surface area is 124 Å². The van der Waals surface area contributed by atoms with E-state index in [9.17, 15) is 12.8 Å². The van der Waals surface area contributed by atoms with Gasteiger partial charge in [0.05, 0.1) is 4.90 Å². The predicted molar refractivity (Wildman–Crippen MR) is 82.0 cm³/mol. The van der Waals surface area contributed by atoms with Crippen LogP contribution in [-0.2, 0) is 16.6 Å². The summed E-state index contributed by atoms with van der Waals surface area (Å²) in [5.74, 6) is 0.132. The Bertz CT molecular complexity index is 521. The normalized spacial score (nSPS) is 11.8. The van der Waals surface area contributed by atoms with Crippen molar-refractivity contribution >= 4 is 21.8 Å². The summed E-state index contributed by atoms with van der Waals surface area (Å²) in [5.41, 5.74) is 0.580. The fourth-order valence-corrected chi connectivity index (χ4v) is 3.40. The number of sulfonamides is 1. The number of halogens is 1. The second-order valence-corrected chi connectivity index (χ2v) is 7.04. The largest absolute Gasteiger partial charge is 0.313 e. The van der Waals surface area contributed by atoms with E-state index < -0.39 is 15.8 Å². The molecule has 0 aliphatic carbocycles. The number of nitrogens with one attached hydrogen (secondary N) is 2. The molecule has 114 valence electrons. The minimum absolute atomic E-state index is 0.0159. The van der Waals surface area contributed by atoms with E-state index >= 15 is 0 Å². The van der Waals surface area contributed by atoms with Crippen molar-refractivity contribution in [1.29, 1.82) is 0 Å². The molecule has 0 radical (unpaired) electrons. The number of rotatable bonds is 9. The van der Waals surface area contributed by atoms with Crippen molar-refractivity contribution in [2.45, 2.75) is 24.8 Å². The lowest BCUT2D eigenvalue weighted by Gasteiger charge is -2.12. The Morgan fingerprint density at radius 2 is 2.05 bits per heavy atom. The van der Waals surface area contributed by atoms with Crippen molar-refractivity contribution in [1.82, 2.24) is 10.0 Å². The predicted octanol–water partition coefficient (Wildman–Crippen LogP) is 1.97. The monoisotopic (exact) mass is 320 g/mol. The summed E-state index contributed by atoms with van der Waals surface area (Å²) >= 11 is 1.55. The van der Waals surface area contributed by atoms with Crippen molar-refractivity contribution < 1.29 is 12.8 Å². The van der Waals surface area contributed by atoms with Gasteiger partial charge in [0.15, 0.2) is 0 Å². The Balaban J connectivity index is 2.92. The van der Waals surface area contributed by atoms with Crippen LogP contribution in [0.3, 0.4) is 0 Å². The molecule has 0 aliphatic rings. The highest BCUT2D eigenvalue weighted by Crippen LogP contribution is 2.17. The van der Waals surface area contributed by atoms with E-state index in [0.29, 0.717) is 24.4 Å². The third-order valence-corrected chi connectivity index (χ3v) is 4.81. The Hall–Kier alpha value is -0.630. The highest BCUT2D eigenvalue weighted by atomic mass is 32.2. The molecule has 2 N–H and O–H groups in total. The molecular weight excluding hydrogens is 299 g/mol. The lowest BCUT2D eigenvalue weighted by molar-refractivity contribution is 0.575. The molecule has 0 aliphatic heterocycles. The Kier molecular flexibility index (Phi) is 7.50. The summed E-state index contributed by atoms with van der Waals surface area (Å²) in [7, 11) is -3.67. The van der Waals surface area contributed by atoms with Crippen LogP contribution in [0.1, 0.15) is 18.9 Å². The van der Waals surface area contributed by atoms with Crippen LogP contribution in [-0.4, -0.2) is 33.5 Å². The zero-order chi connectivity index (χ0) is 15.0. The fraction of sp³-hybridized carbons (Fsp3) is 0.538. The molecule has 7 heteroatoms. The summed E-state index contributed by atoms with van der Waals surface area (Å²) in [5, 5.41) is 3.13. The van der Waals surface area contributed by atoms with Crippen LogP contribution in [0.5, 0.6) is 0 Å². The first kappa shape index (κ1) is 17.4. The van der Waals surface area contributed by atoms with Gasteiger partial charge in [-0.2, -0.15) is 11.8 Å². The molecular formula is C13H21FN2O2S2. The maximum absolute atomic E-state index is 13.3. The first-order valence-corrected chi connectivity index (χ1v) is 9.36. The third-order valence-electron chi connectivity index (χ3n) is 2.66. The number of thioether (sulfide) groups is 1. The van der Waals surface area contributed by atoms with Gasteiger partial charge in [-0.1, -0.05) is 13.0 Å². The molecule has 1 rings (SSSR count). The molecule has 20 heavy (non-hydrogen) atoms. The Morgan fingerprint density at radius 1 is 1.30 bits per heavy atom. The maximum Gasteiger partial charge on any atom is 0.241 e. The van der Waals surface area contributed by atoms with Crippen LogP contribution in [0.2, 0.25) is 0 Å². The van der Waals surface area contributed by atoms with Gasteiger partial charge in [0, 0.05) is 18.8 Å². The smallest absolute Gasteiger partial charge is 0.241 e. The van der Waals surface area contributed by atoms with Gasteiger partial charge in [0.2, 0.25) is 10.0 Å². The summed E-state index contributed by atoms with van der Waals surface area (Å²) < 4.78 is 40.2. The van der Waals surface area contributed by atoms with Crippen molar-refractivity contribution in [3.63, 3.8) is 0 Å².